The molecule has 0 radical (unpaired) electrons. The van der Waals surface area contributed by atoms with Gasteiger partial charge in [-0.3, -0.25) is 4.79 Å². The summed E-state index contributed by atoms with van der Waals surface area (Å²) < 4.78 is 13.2. The fourth-order valence-electron chi connectivity index (χ4n) is 1.17. The van der Waals surface area contributed by atoms with E-state index in [4.69, 9.17) is 0 Å². The van der Waals surface area contributed by atoms with Crippen molar-refractivity contribution in [2.24, 2.45) is 0 Å². The van der Waals surface area contributed by atoms with Gasteiger partial charge in [-0.1, -0.05) is 13.0 Å². The van der Waals surface area contributed by atoms with E-state index >= 15 is 0 Å². The summed E-state index contributed by atoms with van der Waals surface area (Å²) >= 11 is 0. The molecule has 0 spiro atoms. The normalized spacial score (nSPS) is 9.93. The van der Waals surface area contributed by atoms with Crippen LogP contribution in [0, 0.1) is 12.7 Å². The molecule has 0 aliphatic rings. The van der Waals surface area contributed by atoms with Crippen molar-refractivity contribution < 1.29 is 9.18 Å². The highest BCUT2D eigenvalue weighted by molar-refractivity contribution is 5.90. The quantitative estimate of drug-likeness (QED) is 0.789. The fourth-order valence-corrected chi connectivity index (χ4v) is 1.17. The predicted molar refractivity (Wildman–Crippen MR) is 54.7 cm³/mol. The van der Waals surface area contributed by atoms with Crippen LogP contribution in [0.5, 0.6) is 0 Å². The number of amides is 1. The van der Waals surface area contributed by atoms with Crippen LogP contribution in [-0.2, 0) is 4.79 Å². The van der Waals surface area contributed by atoms with Gasteiger partial charge in [-0.15, -0.1) is 0 Å². The first kappa shape index (κ1) is 10.7. The molecule has 2 nitrogen and oxygen atoms in total. The average Bonchev–Trinajstić information content (AvgIpc) is 2.12. The molecule has 0 bridgehead atoms. The van der Waals surface area contributed by atoms with Crippen molar-refractivity contribution in [1.29, 1.82) is 0 Å². The maximum atomic E-state index is 13.2. The highest BCUT2D eigenvalue weighted by Gasteiger charge is 2.05. The van der Waals surface area contributed by atoms with Gasteiger partial charge < -0.3 is 5.32 Å². The van der Waals surface area contributed by atoms with E-state index in [9.17, 15) is 9.18 Å². The van der Waals surface area contributed by atoms with Crippen molar-refractivity contribution in [1.82, 2.24) is 0 Å². The SMILES string of the molecule is CCCC(=O)Nc1cc(C)ccc1F. The highest BCUT2D eigenvalue weighted by Crippen LogP contribution is 2.15. The summed E-state index contributed by atoms with van der Waals surface area (Å²) in [5.74, 6) is -0.531. The fraction of sp³-hybridized carbons (Fsp3) is 0.364. The molecule has 0 heterocycles. The Morgan fingerprint density at radius 3 is 2.86 bits per heavy atom. The number of carbonyl (C=O) groups excluding carboxylic acids is 1. The third kappa shape index (κ3) is 2.83. The Kier molecular flexibility index (Phi) is 3.63. The van der Waals surface area contributed by atoms with Crippen LogP contribution in [0.4, 0.5) is 10.1 Å². The van der Waals surface area contributed by atoms with Gasteiger partial charge in [-0.05, 0) is 31.0 Å². The third-order valence-electron chi connectivity index (χ3n) is 1.87. The average molecular weight is 195 g/mol. The van der Waals surface area contributed by atoms with Crippen molar-refractivity contribution in [3.8, 4) is 0 Å². The van der Waals surface area contributed by atoms with E-state index in [1.54, 1.807) is 12.1 Å². The number of aryl methyl sites for hydroxylation is 1. The summed E-state index contributed by atoms with van der Waals surface area (Å²) in [5.41, 5.74) is 1.20. The molecule has 0 atom stereocenters. The summed E-state index contributed by atoms with van der Waals surface area (Å²) in [6, 6.07) is 4.66. The lowest BCUT2D eigenvalue weighted by Crippen LogP contribution is -2.11. The lowest BCUT2D eigenvalue weighted by Gasteiger charge is -2.06. The number of rotatable bonds is 3. The zero-order valence-corrected chi connectivity index (χ0v) is 8.43. The van der Waals surface area contributed by atoms with Gasteiger partial charge in [0.15, 0.2) is 0 Å². The van der Waals surface area contributed by atoms with Crippen molar-refractivity contribution in [3.05, 3.63) is 29.6 Å². The number of anilines is 1. The predicted octanol–water partition coefficient (Wildman–Crippen LogP) is 2.87. The first-order valence-electron chi connectivity index (χ1n) is 4.69. The monoisotopic (exact) mass is 195 g/mol. The molecule has 1 amide bonds. The van der Waals surface area contributed by atoms with Crippen molar-refractivity contribution in [2.45, 2.75) is 26.7 Å². The minimum absolute atomic E-state index is 0.142. The second-order valence-corrected chi connectivity index (χ2v) is 3.28. The largest absolute Gasteiger partial charge is 0.324 e. The number of halogens is 1. The molecule has 1 aromatic carbocycles. The number of hydrogen-bond acceptors (Lipinski definition) is 1. The van der Waals surface area contributed by atoms with Crippen molar-refractivity contribution >= 4 is 11.6 Å². The zero-order chi connectivity index (χ0) is 10.6. The van der Waals surface area contributed by atoms with Crippen LogP contribution < -0.4 is 5.32 Å². The lowest BCUT2D eigenvalue weighted by molar-refractivity contribution is -0.116. The Hall–Kier alpha value is -1.38. The van der Waals surface area contributed by atoms with Gasteiger partial charge in [-0.25, -0.2) is 4.39 Å². The standard InChI is InChI=1S/C11H14FNO/c1-3-4-11(14)13-10-7-8(2)5-6-9(10)12/h5-7H,3-4H2,1-2H3,(H,13,14). The Bertz CT molecular complexity index is 336. The molecule has 1 rings (SSSR count). The minimum atomic E-state index is -0.389. The Balaban J connectivity index is 2.75. The number of benzene rings is 1. The lowest BCUT2D eigenvalue weighted by atomic mass is 10.2. The Labute approximate surface area is 83.1 Å². The summed E-state index contributed by atoms with van der Waals surface area (Å²) in [6.45, 7) is 3.76. The van der Waals surface area contributed by atoms with E-state index in [0.29, 0.717) is 6.42 Å². The van der Waals surface area contributed by atoms with Crippen LogP contribution in [0.3, 0.4) is 0 Å². The summed E-state index contributed by atoms with van der Waals surface area (Å²) in [4.78, 5) is 11.2. The number of carbonyl (C=O) groups is 1. The van der Waals surface area contributed by atoms with E-state index in [-0.39, 0.29) is 17.4 Å². The number of nitrogens with one attached hydrogen (secondary N) is 1. The Morgan fingerprint density at radius 2 is 2.21 bits per heavy atom. The van der Waals surface area contributed by atoms with Gasteiger partial charge in [0.1, 0.15) is 5.82 Å². The van der Waals surface area contributed by atoms with Gasteiger partial charge in [0, 0.05) is 6.42 Å². The van der Waals surface area contributed by atoms with Gasteiger partial charge in [0.2, 0.25) is 5.91 Å². The molecular formula is C11H14FNO. The molecule has 3 heteroatoms. The van der Waals surface area contributed by atoms with Gasteiger partial charge in [-0.2, -0.15) is 0 Å². The van der Waals surface area contributed by atoms with Crippen LogP contribution in [-0.4, -0.2) is 5.91 Å². The third-order valence-corrected chi connectivity index (χ3v) is 1.87. The second-order valence-electron chi connectivity index (χ2n) is 3.28. The second kappa shape index (κ2) is 4.74. The molecule has 76 valence electrons. The van der Waals surface area contributed by atoms with Gasteiger partial charge >= 0.3 is 0 Å². The molecule has 1 aromatic rings. The topological polar surface area (TPSA) is 29.1 Å². The maximum Gasteiger partial charge on any atom is 0.224 e. The molecule has 0 aliphatic carbocycles. The van der Waals surface area contributed by atoms with E-state index in [1.807, 2.05) is 13.8 Å². The van der Waals surface area contributed by atoms with Crippen LogP contribution in [0.25, 0.3) is 0 Å². The van der Waals surface area contributed by atoms with Crippen molar-refractivity contribution in [2.75, 3.05) is 5.32 Å². The van der Waals surface area contributed by atoms with E-state index in [1.165, 1.54) is 6.07 Å². The van der Waals surface area contributed by atoms with E-state index in [2.05, 4.69) is 5.32 Å². The van der Waals surface area contributed by atoms with Gasteiger partial charge in [0.25, 0.3) is 0 Å². The smallest absolute Gasteiger partial charge is 0.224 e. The Morgan fingerprint density at radius 1 is 1.50 bits per heavy atom. The summed E-state index contributed by atoms with van der Waals surface area (Å²) in [5, 5.41) is 2.54. The zero-order valence-electron chi connectivity index (χ0n) is 8.43. The van der Waals surface area contributed by atoms with Crippen molar-refractivity contribution in [3.63, 3.8) is 0 Å². The van der Waals surface area contributed by atoms with Gasteiger partial charge in [0.05, 0.1) is 5.69 Å². The molecule has 0 saturated carbocycles. The molecule has 14 heavy (non-hydrogen) atoms. The molecule has 0 aromatic heterocycles. The van der Waals surface area contributed by atoms with Crippen LogP contribution >= 0.6 is 0 Å². The summed E-state index contributed by atoms with van der Waals surface area (Å²) in [7, 11) is 0. The first-order valence-corrected chi connectivity index (χ1v) is 4.69. The summed E-state index contributed by atoms with van der Waals surface area (Å²) in [6.07, 6.45) is 1.19. The molecule has 1 N–H and O–H groups in total. The molecule has 0 fully saturated rings. The first-order chi connectivity index (χ1) is 6.63. The highest BCUT2D eigenvalue weighted by atomic mass is 19.1. The van der Waals surface area contributed by atoms with E-state index in [0.717, 1.165) is 12.0 Å². The molecule has 0 saturated heterocycles. The minimum Gasteiger partial charge on any atom is -0.324 e. The van der Waals surface area contributed by atoms with Crippen LogP contribution in [0.2, 0.25) is 0 Å². The number of hydrogen-bond donors (Lipinski definition) is 1. The molecular weight excluding hydrogens is 181 g/mol. The van der Waals surface area contributed by atoms with Crippen LogP contribution in [0.15, 0.2) is 18.2 Å². The maximum absolute atomic E-state index is 13.2. The van der Waals surface area contributed by atoms with E-state index < -0.39 is 0 Å². The molecule has 0 aliphatic heterocycles. The molecule has 0 unspecified atom stereocenters. The van der Waals surface area contributed by atoms with Crippen LogP contribution in [0.1, 0.15) is 25.3 Å².